The Hall–Kier alpha value is -6.14. The smallest absolute Gasteiger partial charge is 0.145 e. The van der Waals surface area contributed by atoms with Gasteiger partial charge in [-0.1, -0.05) is 98.1 Å². The normalized spacial score (nSPS) is 13.2. The molecule has 0 saturated carbocycles. The monoisotopic (exact) mass is 610 g/mol. The fraction of sp³-hybridized carbons (Fsp3) is 0.0732. The lowest BCUT2D eigenvalue weighted by atomic mass is 9.73. The van der Waals surface area contributed by atoms with Crippen LogP contribution in [-0.2, 0) is 5.41 Å². The molecule has 6 nitrogen and oxygen atoms in total. The molecule has 0 fully saturated rings. The van der Waals surface area contributed by atoms with Gasteiger partial charge in [0.15, 0.2) is 0 Å². The van der Waals surface area contributed by atoms with E-state index in [1.54, 1.807) is 12.2 Å². The average Bonchev–Trinajstić information content (AvgIpc) is 3.83. The SMILES string of the molecule is C=CCOc1cccc2c1ccn1cc(C3(c4cn5ccc6c(OCC=C)cccc6c5n4)c4ccccc4-c4ccccc43)nc21. The Morgan fingerprint density at radius 2 is 1.02 bits per heavy atom. The second-order valence-electron chi connectivity index (χ2n) is 11.8. The van der Waals surface area contributed by atoms with Crippen LogP contribution in [0.15, 0.2) is 147 Å². The molecule has 4 aromatic heterocycles. The van der Waals surface area contributed by atoms with E-state index in [0.717, 1.165) is 66.9 Å². The molecule has 0 spiro atoms. The van der Waals surface area contributed by atoms with E-state index in [2.05, 4.69) is 120 Å². The van der Waals surface area contributed by atoms with Crippen molar-refractivity contribution in [2.45, 2.75) is 5.41 Å². The third-order valence-electron chi connectivity index (χ3n) is 9.32. The lowest BCUT2D eigenvalue weighted by molar-refractivity contribution is 0.367. The van der Waals surface area contributed by atoms with Gasteiger partial charge in [0.1, 0.15) is 41.4 Å². The fourth-order valence-electron chi connectivity index (χ4n) is 7.37. The number of rotatable bonds is 8. The summed E-state index contributed by atoms with van der Waals surface area (Å²) in [5, 5.41) is 4.05. The molecular formula is C41H30N4O2. The molecular weight excluding hydrogens is 580 g/mol. The highest BCUT2D eigenvalue weighted by molar-refractivity contribution is 5.99. The molecule has 0 amide bonds. The molecule has 8 aromatic rings. The van der Waals surface area contributed by atoms with Crippen LogP contribution in [0.4, 0.5) is 0 Å². The zero-order valence-corrected chi connectivity index (χ0v) is 25.6. The van der Waals surface area contributed by atoms with Crippen molar-refractivity contribution >= 4 is 32.8 Å². The van der Waals surface area contributed by atoms with Crippen LogP contribution in [0.3, 0.4) is 0 Å². The summed E-state index contributed by atoms with van der Waals surface area (Å²) in [6.07, 6.45) is 12.0. The molecule has 0 atom stereocenters. The molecule has 0 N–H and O–H groups in total. The number of benzene rings is 4. The summed E-state index contributed by atoms with van der Waals surface area (Å²) >= 11 is 0. The average molecular weight is 611 g/mol. The number of fused-ring (bicyclic) bond motifs is 9. The van der Waals surface area contributed by atoms with Crippen molar-refractivity contribution in [3.8, 4) is 22.6 Å². The maximum absolute atomic E-state index is 6.02. The van der Waals surface area contributed by atoms with Crippen molar-refractivity contribution in [1.29, 1.82) is 0 Å². The highest BCUT2D eigenvalue weighted by Crippen LogP contribution is 2.55. The highest BCUT2D eigenvalue weighted by atomic mass is 16.5. The molecule has 0 aliphatic heterocycles. The van der Waals surface area contributed by atoms with E-state index in [0.29, 0.717) is 13.2 Å². The molecule has 0 saturated heterocycles. The molecule has 9 rings (SSSR count). The summed E-state index contributed by atoms with van der Waals surface area (Å²) in [4.78, 5) is 11.0. The number of hydrogen-bond acceptors (Lipinski definition) is 4. The Kier molecular flexibility index (Phi) is 6.05. The quantitative estimate of drug-likeness (QED) is 0.161. The molecule has 0 bridgehead atoms. The molecule has 0 unspecified atom stereocenters. The minimum absolute atomic E-state index is 0.436. The first kappa shape index (κ1) is 27.2. The predicted octanol–water partition coefficient (Wildman–Crippen LogP) is 8.78. The predicted molar refractivity (Wildman–Crippen MR) is 188 cm³/mol. The number of nitrogens with zero attached hydrogens (tertiary/aromatic N) is 4. The highest BCUT2D eigenvalue weighted by Gasteiger charge is 2.49. The molecule has 226 valence electrons. The molecule has 1 aliphatic rings. The Morgan fingerprint density at radius 3 is 1.49 bits per heavy atom. The summed E-state index contributed by atoms with van der Waals surface area (Å²) in [6.45, 7) is 8.50. The first-order valence-corrected chi connectivity index (χ1v) is 15.7. The van der Waals surface area contributed by atoms with Gasteiger partial charge in [-0.15, -0.1) is 0 Å². The van der Waals surface area contributed by atoms with Crippen LogP contribution in [0, 0.1) is 0 Å². The molecule has 6 heteroatoms. The van der Waals surface area contributed by atoms with Gasteiger partial charge in [-0.2, -0.15) is 0 Å². The first-order chi connectivity index (χ1) is 23.2. The standard InChI is InChI=1S/C41H30N4O2/c1-3-23-46-35-17-9-13-31-29(35)19-21-44-25-37(42-39(31)44)41(33-15-7-5-11-27(33)28-12-6-8-16-34(28)41)38-26-45-22-20-30-32(40(45)43-38)14-10-18-36(30)47-24-4-2/h3-22,25-26H,1-2,23-24H2. The first-order valence-electron chi connectivity index (χ1n) is 15.7. The summed E-state index contributed by atoms with van der Waals surface area (Å²) in [5.41, 5.74) is 7.46. The van der Waals surface area contributed by atoms with E-state index >= 15 is 0 Å². The lowest BCUT2D eigenvalue weighted by Crippen LogP contribution is -2.29. The summed E-state index contributed by atoms with van der Waals surface area (Å²) < 4.78 is 16.3. The van der Waals surface area contributed by atoms with Crippen LogP contribution in [0.1, 0.15) is 22.5 Å². The van der Waals surface area contributed by atoms with Crippen molar-refractivity contribution in [3.63, 3.8) is 0 Å². The van der Waals surface area contributed by atoms with Crippen LogP contribution >= 0.6 is 0 Å². The van der Waals surface area contributed by atoms with Gasteiger partial charge in [0.2, 0.25) is 0 Å². The van der Waals surface area contributed by atoms with Crippen molar-refractivity contribution < 1.29 is 9.47 Å². The number of imidazole rings is 2. The lowest BCUT2D eigenvalue weighted by Gasteiger charge is -2.28. The minimum Gasteiger partial charge on any atom is -0.489 e. The van der Waals surface area contributed by atoms with E-state index in [1.807, 2.05) is 24.3 Å². The Bertz CT molecular complexity index is 2360. The van der Waals surface area contributed by atoms with E-state index in [9.17, 15) is 0 Å². The van der Waals surface area contributed by atoms with Gasteiger partial charge < -0.3 is 18.3 Å². The van der Waals surface area contributed by atoms with E-state index in [-0.39, 0.29) is 0 Å². The zero-order valence-electron chi connectivity index (χ0n) is 25.6. The zero-order chi connectivity index (χ0) is 31.5. The van der Waals surface area contributed by atoms with Gasteiger partial charge in [0, 0.05) is 46.3 Å². The molecule has 0 radical (unpaired) electrons. The summed E-state index contributed by atoms with van der Waals surface area (Å²) in [6, 6.07) is 33.7. The van der Waals surface area contributed by atoms with Gasteiger partial charge >= 0.3 is 0 Å². The topological polar surface area (TPSA) is 53.1 Å². The largest absolute Gasteiger partial charge is 0.489 e. The second kappa shape index (κ2) is 10.5. The van der Waals surface area contributed by atoms with Crippen molar-refractivity contribution in [2.75, 3.05) is 13.2 Å². The minimum atomic E-state index is -0.766. The number of pyridine rings is 2. The third kappa shape index (κ3) is 3.85. The van der Waals surface area contributed by atoms with E-state index < -0.39 is 5.41 Å². The Labute approximate surface area is 271 Å². The van der Waals surface area contributed by atoms with Crippen molar-refractivity contribution in [3.05, 3.63) is 170 Å². The second-order valence-corrected chi connectivity index (χ2v) is 11.8. The fourth-order valence-corrected chi connectivity index (χ4v) is 7.37. The van der Waals surface area contributed by atoms with Gasteiger partial charge in [-0.05, 0) is 46.5 Å². The van der Waals surface area contributed by atoms with Crippen LogP contribution in [-0.4, -0.2) is 32.0 Å². The van der Waals surface area contributed by atoms with Crippen molar-refractivity contribution in [2.24, 2.45) is 0 Å². The van der Waals surface area contributed by atoms with Crippen molar-refractivity contribution in [1.82, 2.24) is 18.8 Å². The maximum atomic E-state index is 6.02. The van der Waals surface area contributed by atoms with Gasteiger partial charge in [-0.3, -0.25) is 0 Å². The molecule has 4 heterocycles. The van der Waals surface area contributed by atoms with Gasteiger partial charge in [0.05, 0.1) is 11.4 Å². The van der Waals surface area contributed by atoms with Crippen LogP contribution in [0.25, 0.3) is 44.0 Å². The van der Waals surface area contributed by atoms with E-state index in [4.69, 9.17) is 19.4 Å². The van der Waals surface area contributed by atoms with E-state index in [1.165, 1.54) is 11.1 Å². The van der Waals surface area contributed by atoms with Gasteiger partial charge in [0.25, 0.3) is 0 Å². The number of ether oxygens (including phenoxy) is 2. The summed E-state index contributed by atoms with van der Waals surface area (Å²) in [5.74, 6) is 1.62. The van der Waals surface area contributed by atoms with Gasteiger partial charge in [-0.25, -0.2) is 9.97 Å². The molecule has 47 heavy (non-hydrogen) atoms. The Morgan fingerprint density at radius 1 is 0.553 bits per heavy atom. The van der Waals surface area contributed by atoms with Crippen LogP contribution < -0.4 is 9.47 Å². The number of hydrogen-bond donors (Lipinski definition) is 0. The molecule has 1 aliphatic carbocycles. The maximum Gasteiger partial charge on any atom is 0.145 e. The number of aromatic nitrogens is 4. The third-order valence-corrected chi connectivity index (χ3v) is 9.32. The summed E-state index contributed by atoms with van der Waals surface area (Å²) in [7, 11) is 0. The molecule has 4 aromatic carbocycles. The Balaban J connectivity index is 1.35. The van der Waals surface area contributed by atoms with Crippen LogP contribution in [0.2, 0.25) is 0 Å². The van der Waals surface area contributed by atoms with Crippen LogP contribution in [0.5, 0.6) is 11.5 Å².